The molecule has 0 aromatic carbocycles. The average molecular weight is 418 g/mol. The number of carboxylic acid groups (broad SMARTS) is 1. The van der Waals surface area contributed by atoms with E-state index < -0.39 is 24.1 Å². The maximum Gasteiger partial charge on any atom is 0.304 e. The van der Waals surface area contributed by atoms with Gasteiger partial charge in [0, 0.05) is 19.8 Å². The van der Waals surface area contributed by atoms with E-state index in [4.69, 9.17) is 9.47 Å². The lowest BCUT2D eigenvalue weighted by atomic mass is 10.0. The molecule has 0 spiro atoms. The fourth-order valence-corrected chi connectivity index (χ4v) is 2.74. The van der Waals surface area contributed by atoms with Gasteiger partial charge in [-0.25, -0.2) is 0 Å². The Morgan fingerprint density at radius 1 is 0.833 bits per heavy atom. The van der Waals surface area contributed by atoms with Crippen LogP contribution < -0.4 is 5.11 Å². The lowest BCUT2D eigenvalue weighted by molar-refractivity contribution is -0.305. The van der Waals surface area contributed by atoms with Crippen molar-refractivity contribution >= 4 is 17.9 Å². The Kier molecular flexibility index (Phi) is 16.6. The van der Waals surface area contributed by atoms with Crippen LogP contribution in [0.2, 0.25) is 0 Å². The first kappa shape index (κ1) is 27.3. The van der Waals surface area contributed by atoms with E-state index in [0.717, 1.165) is 51.4 Å². The topological polar surface area (TPSA) is 92.7 Å². The minimum Gasteiger partial charge on any atom is -0.550 e. The van der Waals surface area contributed by atoms with Crippen molar-refractivity contribution < 1.29 is 29.0 Å². The van der Waals surface area contributed by atoms with Gasteiger partial charge in [-0.2, -0.15) is 0 Å². The zero-order valence-electron chi connectivity index (χ0n) is 18.2. The first-order valence-electron chi connectivity index (χ1n) is 10.5. The van der Waals surface area contributed by atoms with Gasteiger partial charge in [-0.3, -0.25) is 9.59 Å². The van der Waals surface area contributed by atoms with Crippen LogP contribution in [0.15, 0.2) is 12.7 Å². The molecule has 6 nitrogen and oxygen atoms in total. The second kappa shape index (κ2) is 18.3. The zero-order chi connectivity index (χ0) is 22.6. The third-order valence-electron chi connectivity index (χ3n) is 4.17. The van der Waals surface area contributed by atoms with E-state index in [9.17, 15) is 19.5 Å². The molecule has 166 valence electrons. The zero-order valence-corrected chi connectivity index (χ0v) is 18.2. The predicted molar refractivity (Wildman–Crippen MR) is 113 cm³/mol. The number of carboxylic acids is 1. The lowest BCUT2D eigenvalue weighted by Gasteiger charge is -2.10. The van der Waals surface area contributed by atoms with Gasteiger partial charge in [-0.1, -0.05) is 51.5 Å². The number of hydrogen-bond acceptors (Lipinski definition) is 6. The molecule has 0 rings (SSSR count). The monoisotopic (exact) mass is 417 g/mol. The van der Waals surface area contributed by atoms with Crippen LogP contribution in [0.5, 0.6) is 0 Å². The van der Waals surface area contributed by atoms with Crippen LogP contribution in [0.1, 0.15) is 84.5 Å². The van der Waals surface area contributed by atoms with Crippen molar-refractivity contribution in [1.29, 1.82) is 0 Å². The minimum atomic E-state index is -0.971. The molecule has 30 heavy (non-hydrogen) atoms. The van der Waals surface area contributed by atoms with Crippen LogP contribution in [0.25, 0.3) is 0 Å². The van der Waals surface area contributed by atoms with E-state index in [0.29, 0.717) is 12.8 Å². The molecule has 0 aliphatic carbocycles. The fourth-order valence-electron chi connectivity index (χ4n) is 2.74. The van der Waals surface area contributed by atoms with Crippen LogP contribution in [0.3, 0.4) is 0 Å². The Hall–Kier alpha value is -2.73. The van der Waals surface area contributed by atoms with E-state index in [1.54, 1.807) is 0 Å². The molecule has 0 saturated heterocycles. The molecule has 6 heteroatoms. The number of carbonyl (C=O) groups is 3. The number of ether oxygens (including phenoxy) is 2. The molecular weight excluding hydrogens is 384 g/mol. The maximum absolute atomic E-state index is 11.2. The highest BCUT2D eigenvalue weighted by Gasteiger charge is 2.08. The minimum absolute atomic E-state index is 0.152. The molecule has 0 aromatic heterocycles. The molecular formula is C24H33O6-. The van der Waals surface area contributed by atoms with Gasteiger partial charge in [0.05, 0.1) is 0 Å². The van der Waals surface area contributed by atoms with Gasteiger partial charge in [-0.05, 0) is 55.4 Å². The van der Waals surface area contributed by atoms with Crippen molar-refractivity contribution in [2.75, 3.05) is 0 Å². The molecule has 0 aliphatic rings. The molecule has 0 amide bonds. The molecule has 0 fully saturated rings. The summed E-state index contributed by atoms with van der Waals surface area (Å²) in [6, 6.07) is 0. The molecule has 0 aromatic rings. The Bertz CT molecular complexity index is 659. The second-order valence-corrected chi connectivity index (χ2v) is 7.00. The summed E-state index contributed by atoms with van der Waals surface area (Å²) in [5, 5.41) is 10.3. The van der Waals surface area contributed by atoms with E-state index in [1.807, 2.05) is 0 Å². The molecule has 0 bridgehead atoms. The predicted octanol–water partition coefficient (Wildman–Crippen LogP) is 3.08. The van der Waals surface area contributed by atoms with Crippen LogP contribution >= 0.6 is 0 Å². The second-order valence-electron chi connectivity index (χ2n) is 7.00. The summed E-state index contributed by atoms with van der Waals surface area (Å²) in [5.41, 5.74) is 0. The summed E-state index contributed by atoms with van der Waals surface area (Å²) in [7, 11) is 0. The van der Waals surface area contributed by atoms with Crippen molar-refractivity contribution in [3.63, 3.8) is 0 Å². The third kappa shape index (κ3) is 18.6. The van der Waals surface area contributed by atoms with E-state index >= 15 is 0 Å². The molecule has 0 aliphatic heterocycles. The van der Waals surface area contributed by atoms with E-state index in [1.165, 1.54) is 19.9 Å². The number of carbonyl (C=O) groups excluding carboxylic acids is 3. The number of unbranched alkanes of at least 4 members (excludes halogenated alkanes) is 8. The van der Waals surface area contributed by atoms with Gasteiger partial charge in [0.15, 0.2) is 12.2 Å². The molecule has 0 radical (unpaired) electrons. The largest absolute Gasteiger partial charge is 0.550 e. The van der Waals surface area contributed by atoms with Gasteiger partial charge in [0.25, 0.3) is 0 Å². The quantitative estimate of drug-likeness (QED) is 0.176. The van der Waals surface area contributed by atoms with Gasteiger partial charge < -0.3 is 19.4 Å². The van der Waals surface area contributed by atoms with Crippen molar-refractivity contribution in [2.45, 2.75) is 96.7 Å². The highest BCUT2D eigenvalue weighted by Crippen LogP contribution is 2.13. The Labute approximate surface area is 180 Å². The summed E-state index contributed by atoms with van der Waals surface area (Å²) in [6.07, 6.45) is 10.1. The number of rotatable bonds is 15. The SMILES string of the molecule is C=CC(C#CC#CC(CCCCCCCCCCCC(=O)[O-])OC(C)=O)OC(C)=O. The lowest BCUT2D eigenvalue weighted by Crippen LogP contribution is -2.21. The fraction of sp³-hybridized carbons (Fsp3) is 0.625. The summed E-state index contributed by atoms with van der Waals surface area (Å²) in [5.74, 6) is 8.95. The first-order chi connectivity index (χ1) is 14.3. The Morgan fingerprint density at radius 2 is 1.33 bits per heavy atom. The van der Waals surface area contributed by atoms with Crippen molar-refractivity contribution in [3.8, 4) is 23.7 Å². The summed E-state index contributed by atoms with van der Waals surface area (Å²) >= 11 is 0. The van der Waals surface area contributed by atoms with E-state index in [2.05, 4.69) is 30.3 Å². The summed E-state index contributed by atoms with van der Waals surface area (Å²) < 4.78 is 10.1. The van der Waals surface area contributed by atoms with Gasteiger partial charge in [0.2, 0.25) is 0 Å². The summed E-state index contributed by atoms with van der Waals surface area (Å²) in [6.45, 7) is 6.18. The Balaban J connectivity index is 4.10. The van der Waals surface area contributed by atoms with Crippen LogP contribution in [-0.4, -0.2) is 30.1 Å². The first-order valence-corrected chi connectivity index (χ1v) is 10.5. The van der Waals surface area contributed by atoms with Gasteiger partial charge in [0.1, 0.15) is 0 Å². The number of esters is 2. The molecule has 2 unspecified atom stereocenters. The highest BCUT2D eigenvalue weighted by atomic mass is 16.5. The molecule has 0 heterocycles. The van der Waals surface area contributed by atoms with Crippen LogP contribution in [0.4, 0.5) is 0 Å². The average Bonchev–Trinajstić information content (AvgIpc) is 2.67. The Morgan fingerprint density at radius 3 is 1.83 bits per heavy atom. The standard InChI is InChI=1S/C24H34O6/c1-4-22(29-20(2)25)16-14-15-18-23(30-21(3)26)17-12-10-8-6-5-7-9-11-13-19-24(27)28/h4,22-23H,1,5-13,17,19H2,2-3H3,(H,27,28)/p-1. The van der Waals surface area contributed by atoms with Gasteiger partial charge in [-0.15, -0.1) is 0 Å². The van der Waals surface area contributed by atoms with Crippen molar-refractivity contribution in [1.82, 2.24) is 0 Å². The molecule has 0 saturated carbocycles. The van der Waals surface area contributed by atoms with Crippen LogP contribution in [-0.2, 0) is 23.9 Å². The van der Waals surface area contributed by atoms with Crippen LogP contribution in [0, 0.1) is 23.7 Å². The normalized spacial score (nSPS) is 11.7. The van der Waals surface area contributed by atoms with Gasteiger partial charge >= 0.3 is 11.9 Å². The molecule has 2 atom stereocenters. The molecule has 0 N–H and O–H groups in total. The van der Waals surface area contributed by atoms with Crippen molar-refractivity contribution in [3.05, 3.63) is 12.7 Å². The number of hydrogen-bond donors (Lipinski definition) is 0. The van der Waals surface area contributed by atoms with Crippen molar-refractivity contribution in [2.24, 2.45) is 0 Å². The maximum atomic E-state index is 11.2. The third-order valence-corrected chi connectivity index (χ3v) is 4.17. The summed E-state index contributed by atoms with van der Waals surface area (Å²) in [4.78, 5) is 32.5. The number of aliphatic carboxylic acids is 1. The highest BCUT2D eigenvalue weighted by molar-refractivity contribution is 5.67. The van der Waals surface area contributed by atoms with E-state index in [-0.39, 0.29) is 12.4 Å². The smallest absolute Gasteiger partial charge is 0.304 e.